The molecule has 0 aliphatic heterocycles. The van der Waals surface area contributed by atoms with Crippen LogP contribution in [0.4, 0.5) is 5.69 Å². The van der Waals surface area contributed by atoms with Crippen LogP contribution in [-0.2, 0) is 0 Å². The molecule has 23 heavy (non-hydrogen) atoms. The maximum absolute atomic E-state index is 12.3. The molecular weight excluding hydrogens is 294 g/mol. The quantitative estimate of drug-likeness (QED) is 0.359. The highest BCUT2D eigenvalue weighted by Crippen LogP contribution is 2.27. The number of hydrogen-bond acceptors (Lipinski definition) is 4. The van der Waals surface area contributed by atoms with Gasteiger partial charge in [-0.05, 0) is 49.1 Å². The van der Waals surface area contributed by atoms with Crippen LogP contribution in [0.3, 0.4) is 0 Å². The Morgan fingerprint density at radius 1 is 1.13 bits per heavy atom. The molecular formula is C18H19NO4. The lowest BCUT2D eigenvalue weighted by molar-refractivity contribution is -0.385. The second-order valence-electron chi connectivity index (χ2n) is 5.79. The normalized spacial score (nSPS) is 10.7. The molecule has 0 unspecified atom stereocenters. The third-order valence-corrected chi connectivity index (χ3v) is 3.71. The molecule has 2 aromatic carbocycles. The number of carbonyl (C=O) groups is 1. The maximum Gasteiger partial charge on any atom is 0.350 e. The Kier molecular flexibility index (Phi) is 4.79. The van der Waals surface area contributed by atoms with Gasteiger partial charge in [-0.1, -0.05) is 32.0 Å². The van der Waals surface area contributed by atoms with Gasteiger partial charge in [0.05, 0.1) is 4.92 Å². The summed E-state index contributed by atoms with van der Waals surface area (Å²) in [5.41, 5.74) is 2.36. The standard InChI is InChI=1S/C18H19NO4/c1-11(2)15-9-8-14(10-13(15)4)23-18(20)16-7-5-6-12(3)17(16)19(21)22/h5-11H,1-4H3. The number of hydrogen-bond donors (Lipinski definition) is 0. The third-order valence-electron chi connectivity index (χ3n) is 3.71. The van der Waals surface area contributed by atoms with Gasteiger partial charge in [-0.2, -0.15) is 0 Å². The maximum atomic E-state index is 12.3. The highest BCUT2D eigenvalue weighted by atomic mass is 16.6. The topological polar surface area (TPSA) is 69.4 Å². The molecule has 2 rings (SSSR count). The minimum atomic E-state index is -0.725. The van der Waals surface area contributed by atoms with Gasteiger partial charge in [0.15, 0.2) is 0 Å². The molecule has 0 bridgehead atoms. The molecule has 0 aliphatic rings. The summed E-state index contributed by atoms with van der Waals surface area (Å²) in [6, 6.07) is 10.00. The fourth-order valence-electron chi connectivity index (χ4n) is 2.59. The number of nitrogens with zero attached hydrogens (tertiary/aromatic N) is 1. The van der Waals surface area contributed by atoms with Crippen molar-refractivity contribution in [3.8, 4) is 5.75 Å². The van der Waals surface area contributed by atoms with Crippen molar-refractivity contribution in [2.24, 2.45) is 0 Å². The van der Waals surface area contributed by atoms with Crippen LogP contribution in [0.15, 0.2) is 36.4 Å². The van der Waals surface area contributed by atoms with Crippen LogP contribution in [0.25, 0.3) is 0 Å². The van der Waals surface area contributed by atoms with E-state index in [-0.39, 0.29) is 11.3 Å². The zero-order chi connectivity index (χ0) is 17.1. The smallest absolute Gasteiger partial charge is 0.350 e. The molecule has 5 nitrogen and oxygen atoms in total. The summed E-state index contributed by atoms with van der Waals surface area (Å²) in [6.45, 7) is 7.71. The second-order valence-corrected chi connectivity index (χ2v) is 5.79. The van der Waals surface area contributed by atoms with E-state index in [2.05, 4.69) is 13.8 Å². The van der Waals surface area contributed by atoms with Crippen molar-refractivity contribution in [1.82, 2.24) is 0 Å². The van der Waals surface area contributed by atoms with Crippen LogP contribution in [-0.4, -0.2) is 10.9 Å². The summed E-state index contributed by atoms with van der Waals surface area (Å²) < 4.78 is 5.32. The minimum Gasteiger partial charge on any atom is -0.423 e. The van der Waals surface area contributed by atoms with Crippen molar-refractivity contribution in [1.29, 1.82) is 0 Å². The number of benzene rings is 2. The van der Waals surface area contributed by atoms with Gasteiger partial charge in [-0.15, -0.1) is 0 Å². The van der Waals surface area contributed by atoms with Crippen LogP contribution in [0.2, 0.25) is 0 Å². The summed E-state index contributed by atoms with van der Waals surface area (Å²) in [4.78, 5) is 22.9. The van der Waals surface area contributed by atoms with E-state index in [4.69, 9.17) is 4.74 Å². The summed E-state index contributed by atoms with van der Waals surface area (Å²) in [7, 11) is 0. The van der Waals surface area contributed by atoms with E-state index >= 15 is 0 Å². The Hall–Kier alpha value is -2.69. The largest absolute Gasteiger partial charge is 0.423 e. The van der Waals surface area contributed by atoms with Gasteiger partial charge >= 0.3 is 5.97 Å². The van der Waals surface area contributed by atoms with E-state index in [1.807, 2.05) is 13.0 Å². The molecule has 0 atom stereocenters. The number of para-hydroxylation sites is 1. The highest BCUT2D eigenvalue weighted by Gasteiger charge is 2.24. The SMILES string of the molecule is Cc1cc(OC(=O)c2cccc(C)c2[N+](=O)[O-])ccc1C(C)C. The molecule has 0 amide bonds. The number of esters is 1. The molecule has 5 heteroatoms. The van der Waals surface area contributed by atoms with E-state index < -0.39 is 10.9 Å². The molecule has 0 aromatic heterocycles. The monoisotopic (exact) mass is 313 g/mol. The van der Waals surface area contributed by atoms with Crippen molar-refractivity contribution in [2.45, 2.75) is 33.6 Å². The van der Waals surface area contributed by atoms with Gasteiger partial charge in [0, 0.05) is 5.56 Å². The average Bonchev–Trinajstić information content (AvgIpc) is 2.46. The molecule has 0 N–H and O–H groups in total. The summed E-state index contributed by atoms with van der Waals surface area (Å²) >= 11 is 0. The van der Waals surface area contributed by atoms with Crippen molar-refractivity contribution in [3.63, 3.8) is 0 Å². The predicted molar refractivity (Wildman–Crippen MR) is 88.1 cm³/mol. The first-order valence-electron chi connectivity index (χ1n) is 7.38. The van der Waals surface area contributed by atoms with E-state index in [0.29, 0.717) is 17.2 Å². The predicted octanol–water partition coefficient (Wildman–Crippen LogP) is 4.55. The Labute approximate surface area is 135 Å². The molecule has 0 heterocycles. The van der Waals surface area contributed by atoms with Crippen molar-refractivity contribution >= 4 is 11.7 Å². The lowest BCUT2D eigenvalue weighted by Gasteiger charge is -2.12. The van der Waals surface area contributed by atoms with Crippen LogP contribution in [0, 0.1) is 24.0 Å². The van der Waals surface area contributed by atoms with Crippen LogP contribution in [0.1, 0.15) is 46.8 Å². The molecule has 0 radical (unpaired) electrons. The zero-order valence-electron chi connectivity index (χ0n) is 13.6. The Bertz CT molecular complexity index is 766. The van der Waals surface area contributed by atoms with Crippen LogP contribution < -0.4 is 4.74 Å². The number of nitro benzene ring substituents is 1. The average molecular weight is 313 g/mol. The number of carbonyl (C=O) groups excluding carboxylic acids is 1. The van der Waals surface area contributed by atoms with Gasteiger partial charge in [-0.3, -0.25) is 10.1 Å². The van der Waals surface area contributed by atoms with E-state index in [9.17, 15) is 14.9 Å². The fourth-order valence-corrected chi connectivity index (χ4v) is 2.59. The first-order chi connectivity index (χ1) is 10.8. The molecule has 0 spiro atoms. The number of ether oxygens (including phenoxy) is 1. The first-order valence-corrected chi connectivity index (χ1v) is 7.38. The van der Waals surface area contributed by atoms with Crippen molar-refractivity contribution in [3.05, 3.63) is 68.8 Å². The van der Waals surface area contributed by atoms with Gasteiger partial charge in [0.1, 0.15) is 11.3 Å². The summed E-state index contributed by atoms with van der Waals surface area (Å²) in [5.74, 6) is 0.0300. The highest BCUT2D eigenvalue weighted by molar-refractivity contribution is 5.95. The third kappa shape index (κ3) is 3.56. The molecule has 0 saturated carbocycles. The number of aryl methyl sites for hydroxylation is 2. The van der Waals surface area contributed by atoms with Gasteiger partial charge in [-0.25, -0.2) is 4.79 Å². The van der Waals surface area contributed by atoms with E-state index in [1.54, 1.807) is 31.2 Å². The van der Waals surface area contributed by atoms with E-state index in [0.717, 1.165) is 5.56 Å². The fraction of sp³-hybridized carbons (Fsp3) is 0.278. The Morgan fingerprint density at radius 2 is 1.83 bits per heavy atom. The van der Waals surface area contributed by atoms with Gasteiger partial charge in [0.25, 0.3) is 5.69 Å². The van der Waals surface area contributed by atoms with Gasteiger partial charge < -0.3 is 4.74 Å². The van der Waals surface area contributed by atoms with Crippen molar-refractivity contribution in [2.75, 3.05) is 0 Å². The molecule has 0 fully saturated rings. The van der Waals surface area contributed by atoms with Crippen molar-refractivity contribution < 1.29 is 14.5 Å². The number of nitro groups is 1. The van der Waals surface area contributed by atoms with Gasteiger partial charge in [0.2, 0.25) is 0 Å². The molecule has 0 saturated heterocycles. The van der Waals surface area contributed by atoms with Crippen LogP contribution >= 0.6 is 0 Å². The van der Waals surface area contributed by atoms with Crippen LogP contribution in [0.5, 0.6) is 5.75 Å². The zero-order valence-corrected chi connectivity index (χ0v) is 13.6. The summed E-state index contributed by atoms with van der Waals surface area (Å²) in [5, 5.41) is 11.2. The first kappa shape index (κ1) is 16.7. The molecule has 120 valence electrons. The lowest BCUT2D eigenvalue weighted by Crippen LogP contribution is -2.12. The lowest BCUT2D eigenvalue weighted by atomic mass is 9.98. The second kappa shape index (κ2) is 6.60. The molecule has 2 aromatic rings. The Morgan fingerprint density at radius 3 is 2.39 bits per heavy atom. The minimum absolute atomic E-state index is 0.0411. The van der Waals surface area contributed by atoms with E-state index in [1.165, 1.54) is 11.6 Å². The molecule has 0 aliphatic carbocycles. The number of rotatable bonds is 4. The summed E-state index contributed by atoms with van der Waals surface area (Å²) in [6.07, 6.45) is 0. The Balaban J connectivity index is 2.32.